The number of nitrogens with zero attached hydrogens (tertiary/aromatic N) is 3. The zero-order chi connectivity index (χ0) is 25.0. The van der Waals surface area contributed by atoms with Crippen molar-refractivity contribution in [3.8, 4) is 5.75 Å². The van der Waals surface area contributed by atoms with Crippen LogP contribution in [0.1, 0.15) is 37.0 Å². The van der Waals surface area contributed by atoms with E-state index >= 15 is 0 Å². The van der Waals surface area contributed by atoms with Gasteiger partial charge in [0.05, 0.1) is 28.3 Å². The van der Waals surface area contributed by atoms with Crippen LogP contribution in [-0.4, -0.2) is 56.6 Å². The van der Waals surface area contributed by atoms with E-state index in [-0.39, 0.29) is 4.90 Å². The van der Waals surface area contributed by atoms with Crippen LogP contribution in [0, 0.1) is 5.92 Å². The van der Waals surface area contributed by atoms with Gasteiger partial charge in [0.2, 0.25) is 10.0 Å². The molecule has 8 nitrogen and oxygen atoms in total. The zero-order valence-corrected chi connectivity index (χ0v) is 21.9. The van der Waals surface area contributed by atoms with E-state index < -0.39 is 15.9 Å². The van der Waals surface area contributed by atoms with Crippen molar-refractivity contribution < 1.29 is 22.7 Å². The second-order valence-corrected chi connectivity index (χ2v) is 11.6. The van der Waals surface area contributed by atoms with E-state index in [1.54, 1.807) is 7.11 Å². The molecular weight excluding hydrogens is 486 g/mol. The molecule has 1 amide bonds. The third-order valence-electron chi connectivity index (χ3n) is 6.04. The summed E-state index contributed by atoms with van der Waals surface area (Å²) in [6.45, 7) is 6.64. The Kier molecular flexibility index (Phi) is 8.05. The van der Waals surface area contributed by atoms with E-state index in [2.05, 4.69) is 11.9 Å². The third-order valence-corrected chi connectivity index (χ3v) is 8.96. The molecule has 0 bridgehead atoms. The number of methoxy groups -OCH3 is 1. The summed E-state index contributed by atoms with van der Waals surface area (Å²) < 4.78 is 41.3. The van der Waals surface area contributed by atoms with Crippen molar-refractivity contribution in [1.29, 1.82) is 0 Å². The number of ether oxygens (including phenoxy) is 2. The van der Waals surface area contributed by atoms with Gasteiger partial charge in [-0.15, -0.1) is 0 Å². The molecule has 1 aliphatic heterocycles. The van der Waals surface area contributed by atoms with Crippen molar-refractivity contribution in [2.24, 2.45) is 10.9 Å². The number of carbonyl (C=O) groups is 1. The molecular formula is C25H31N3O5S2. The van der Waals surface area contributed by atoms with E-state index in [4.69, 9.17) is 9.47 Å². The summed E-state index contributed by atoms with van der Waals surface area (Å²) in [6, 6.07) is 11.9. The maximum Gasteiger partial charge on any atom is 0.279 e. The van der Waals surface area contributed by atoms with E-state index in [1.165, 1.54) is 39.9 Å². The van der Waals surface area contributed by atoms with Crippen LogP contribution in [0.25, 0.3) is 10.2 Å². The maximum atomic E-state index is 13.0. The van der Waals surface area contributed by atoms with Gasteiger partial charge in [0.15, 0.2) is 4.80 Å². The lowest BCUT2D eigenvalue weighted by atomic mass is 10.0. The zero-order valence-electron chi connectivity index (χ0n) is 20.3. The quantitative estimate of drug-likeness (QED) is 0.452. The molecule has 0 N–H and O–H groups in total. The predicted octanol–water partition coefficient (Wildman–Crippen LogP) is 3.91. The highest BCUT2D eigenvalue weighted by molar-refractivity contribution is 7.89. The van der Waals surface area contributed by atoms with Crippen LogP contribution in [0.15, 0.2) is 52.4 Å². The minimum atomic E-state index is -3.58. The topological polar surface area (TPSA) is 90.2 Å². The van der Waals surface area contributed by atoms with E-state index in [1.807, 2.05) is 29.7 Å². The number of hydrogen-bond acceptors (Lipinski definition) is 6. The summed E-state index contributed by atoms with van der Waals surface area (Å²) in [7, 11) is -1.95. The minimum absolute atomic E-state index is 0.198. The molecule has 1 aliphatic rings. The van der Waals surface area contributed by atoms with Crippen molar-refractivity contribution in [2.45, 2.75) is 38.1 Å². The lowest BCUT2D eigenvalue weighted by Gasteiger charge is -2.30. The summed E-state index contributed by atoms with van der Waals surface area (Å²) in [5.74, 6) is 0.676. The van der Waals surface area contributed by atoms with Crippen molar-refractivity contribution in [3.63, 3.8) is 0 Å². The number of hydrogen-bond donors (Lipinski definition) is 0. The first kappa shape index (κ1) is 25.6. The highest BCUT2D eigenvalue weighted by Crippen LogP contribution is 2.25. The molecule has 188 valence electrons. The first-order chi connectivity index (χ1) is 16.8. The molecule has 3 aromatic rings. The fraction of sp³-hybridized carbons (Fsp3) is 0.440. The van der Waals surface area contributed by atoms with Crippen molar-refractivity contribution in [2.75, 3.05) is 33.4 Å². The summed E-state index contributed by atoms with van der Waals surface area (Å²) in [6.07, 6.45) is 1.90. The molecule has 2 aromatic carbocycles. The van der Waals surface area contributed by atoms with E-state index in [0.717, 1.165) is 28.8 Å². The van der Waals surface area contributed by atoms with Gasteiger partial charge >= 0.3 is 0 Å². The van der Waals surface area contributed by atoms with Crippen LogP contribution < -0.4 is 9.54 Å². The fourth-order valence-corrected chi connectivity index (χ4v) is 6.91. The molecule has 10 heteroatoms. The summed E-state index contributed by atoms with van der Waals surface area (Å²) >= 11 is 1.40. The highest BCUT2D eigenvalue weighted by atomic mass is 32.2. The molecule has 0 saturated carbocycles. The smallest absolute Gasteiger partial charge is 0.279 e. The second-order valence-electron chi connectivity index (χ2n) is 8.64. The van der Waals surface area contributed by atoms with Crippen LogP contribution in [0.4, 0.5) is 0 Å². The monoisotopic (exact) mass is 517 g/mol. The van der Waals surface area contributed by atoms with E-state index in [0.29, 0.717) is 49.1 Å². The first-order valence-corrected chi connectivity index (χ1v) is 14.0. The Morgan fingerprint density at radius 2 is 1.97 bits per heavy atom. The maximum absolute atomic E-state index is 13.0. The van der Waals surface area contributed by atoms with Gasteiger partial charge in [-0.3, -0.25) is 4.79 Å². The second kappa shape index (κ2) is 11.0. The van der Waals surface area contributed by atoms with Crippen molar-refractivity contribution in [1.82, 2.24) is 8.87 Å². The van der Waals surface area contributed by atoms with Gasteiger partial charge in [-0.2, -0.15) is 9.30 Å². The molecule has 1 atom stereocenters. The Bertz CT molecular complexity index is 1360. The number of benzene rings is 2. The van der Waals surface area contributed by atoms with Gasteiger partial charge in [-0.1, -0.05) is 18.3 Å². The number of sulfonamides is 1. The lowest BCUT2D eigenvalue weighted by molar-refractivity contribution is 0.0997. The first-order valence-electron chi connectivity index (χ1n) is 11.8. The molecule has 35 heavy (non-hydrogen) atoms. The molecule has 4 rings (SSSR count). The van der Waals surface area contributed by atoms with Gasteiger partial charge in [0, 0.05) is 32.3 Å². The Balaban J connectivity index is 1.63. The van der Waals surface area contributed by atoms with Crippen LogP contribution in [-0.2, 0) is 21.3 Å². The molecule has 1 aromatic heterocycles. The van der Waals surface area contributed by atoms with Gasteiger partial charge in [0.25, 0.3) is 5.91 Å². The number of fused-ring (bicyclic) bond motifs is 1. The number of amides is 1. The average molecular weight is 518 g/mol. The van der Waals surface area contributed by atoms with Crippen LogP contribution in [0.2, 0.25) is 0 Å². The normalized spacial score (nSPS) is 17.7. The van der Waals surface area contributed by atoms with Crippen molar-refractivity contribution >= 4 is 37.5 Å². The standard InChI is InChI=1S/C25H31N3O5S2/c1-4-33-20-9-12-22-23(16-20)34-25(28(22)14-15-32-3)26-24(29)19-7-10-21(11-8-19)35(30,31)27-13-5-6-18(2)17-27/h7-12,16,18H,4-6,13-15,17H2,1-3H3. The molecule has 1 unspecified atom stereocenters. The van der Waals surface area contributed by atoms with E-state index in [9.17, 15) is 13.2 Å². The number of rotatable bonds is 8. The molecule has 1 fully saturated rings. The van der Waals surface area contributed by atoms with Crippen LogP contribution in [0.5, 0.6) is 5.75 Å². The van der Waals surface area contributed by atoms with Crippen molar-refractivity contribution in [3.05, 3.63) is 52.8 Å². The molecule has 2 heterocycles. The summed E-state index contributed by atoms with van der Waals surface area (Å²) in [4.78, 5) is 18.1. The van der Waals surface area contributed by atoms with Gasteiger partial charge < -0.3 is 14.0 Å². The Morgan fingerprint density at radius 3 is 2.66 bits per heavy atom. The van der Waals surface area contributed by atoms with Gasteiger partial charge in [-0.25, -0.2) is 8.42 Å². The van der Waals surface area contributed by atoms with Crippen LogP contribution in [0.3, 0.4) is 0 Å². The van der Waals surface area contributed by atoms with Crippen LogP contribution >= 0.6 is 11.3 Å². The SMILES string of the molecule is CCOc1ccc2c(c1)sc(=NC(=O)c1ccc(S(=O)(=O)N3CCCC(C)C3)cc1)n2CCOC. The highest BCUT2D eigenvalue weighted by Gasteiger charge is 2.28. The number of thiazole rings is 1. The summed E-state index contributed by atoms with van der Waals surface area (Å²) in [5, 5.41) is 0. The third kappa shape index (κ3) is 5.66. The fourth-order valence-electron chi connectivity index (χ4n) is 4.23. The molecule has 0 aliphatic carbocycles. The van der Waals surface area contributed by atoms with Gasteiger partial charge in [-0.05, 0) is 68.1 Å². The molecule has 1 saturated heterocycles. The number of piperidine rings is 1. The largest absolute Gasteiger partial charge is 0.494 e. The molecule has 0 spiro atoms. The number of aromatic nitrogens is 1. The molecule has 0 radical (unpaired) electrons. The lowest BCUT2D eigenvalue weighted by Crippen LogP contribution is -2.39. The average Bonchev–Trinajstić information content (AvgIpc) is 3.19. The Labute approximate surface area is 209 Å². The number of carbonyl (C=O) groups excluding carboxylic acids is 1. The summed E-state index contributed by atoms with van der Waals surface area (Å²) in [5.41, 5.74) is 1.28. The Hall–Kier alpha value is -2.53. The Morgan fingerprint density at radius 1 is 1.20 bits per heavy atom. The predicted molar refractivity (Wildman–Crippen MR) is 136 cm³/mol. The van der Waals surface area contributed by atoms with Gasteiger partial charge in [0.1, 0.15) is 5.75 Å². The minimum Gasteiger partial charge on any atom is -0.494 e.